The Bertz CT molecular complexity index is 279. The average Bonchev–Trinajstić information content (AvgIpc) is 2.45. The third kappa shape index (κ3) is 19.2. The van der Waals surface area contributed by atoms with Crippen molar-refractivity contribution in [2.75, 3.05) is 18.4 Å². The maximum atomic E-state index is 5.03. The van der Waals surface area contributed by atoms with Gasteiger partial charge in [0.15, 0.2) is 0 Å². The first-order valence-electron chi connectivity index (χ1n) is 7.27. The van der Waals surface area contributed by atoms with Crippen molar-refractivity contribution in [2.24, 2.45) is 11.7 Å². The van der Waals surface area contributed by atoms with Crippen molar-refractivity contribution < 1.29 is 12.4 Å². The maximum Gasteiger partial charge on any atom is 0.0340 e. The molecule has 0 saturated carbocycles. The van der Waals surface area contributed by atoms with Gasteiger partial charge in [-0.1, -0.05) is 59.2 Å². The van der Waals surface area contributed by atoms with Crippen LogP contribution in [0, 0.1) is 5.92 Å². The van der Waals surface area contributed by atoms with Crippen molar-refractivity contribution in [3.05, 3.63) is 30.3 Å². The summed E-state index contributed by atoms with van der Waals surface area (Å²) in [6.45, 7) is 8.51. The third-order valence-corrected chi connectivity index (χ3v) is 2.93. The number of hydrogen-bond donors (Lipinski definition) is 2. The molecule has 1 aromatic carbocycles. The Morgan fingerprint density at radius 3 is 1.91 bits per heavy atom. The Morgan fingerprint density at radius 2 is 1.55 bits per heavy atom. The first-order valence-corrected chi connectivity index (χ1v) is 7.27. The molecule has 1 atom stereocenters. The summed E-state index contributed by atoms with van der Waals surface area (Å²) in [5, 5.41) is 3.48. The molecule has 1 rings (SSSR count). The average molecular weight is 339 g/mol. The van der Waals surface area contributed by atoms with Crippen molar-refractivity contribution in [3.8, 4) is 0 Å². The number of hydrogen-bond acceptors (Lipinski definition) is 2. The van der Waals surface area contributed by atoms with Gasteiger partial charge in [-0.05, 0) is 37.4 Å². The van der Waals surface area contributed by atoms with E-state index in [1.165, 1.54) is 24.9 Å². The summed E-state index contributed by atoms with van der Waals surface area (Å²) >= 11 is 0. The van der Waals surface area contributed by atoms with Crippen LogP contribution in [-0.2, 0) is 0 Å². The van der Waals surface area contributed by atoms with E-state index in [4.69, 9.17) is 5.73 Å². The van der Waals surface area contributed by atoms with E-state index in [0.29, 0.717) is 0 Å². The zero-order valence-corrected chi connectivity index (χ0v) is 14.8. The van der Waals surface area contributed by atoms with Gasteiger partial charge in [0.2, 0.25) is 0 Å². The van der Waals surface area contributed by atoms with Crippen LogP contribution >= 0.6 is 13.5 Å². The maximum absolute atomic E-state index is 5.03. The van der Waals surface area contributed by atoms with E-state index in [2.05, 4.69) is 56.4 Å². The van der Waals surface area contributed by atoms with Crippen molar-refractivity contribution in [1.29, 1.82) is 0 Å². The van der Waals surface area contributed by atoms with Gasteiger partial charge in [0.25, 0.3) is 0 Å². The zero-order valence-electron chi connectivity index (χ0n) is 13.8. The van der Waals surface area contributed by atoms with Crippen LogP contribution in [-0.4, -0.2) is 24.0 Å². The van der Waals surface area contributed by atoms with Crippen LogP contribution in [0.2, 0.25) is 0 Å². The lowest BCUT2D eigenvalue weighted by molar-refractivity contribution is 0.488. The summed E-state index contributed by atoms with van der Waals surface area (Å²) < 4.78 is 0. The topological polar surface area (TPSA) is 101 Å². The first-order chi connectivity index (χ1) is 8.78. The Balaban J connectivity index is -0.0000000728. The highest BCUT2D eigenvalue weighted by atomic mass is 32.1. The largest absolute Gasteiger partial charge is 0.412 e. The molecule has 0 aromatic heterocycles. The minimum atomic E-state index is 0. The van der Waals surface area contributed by atoms with E-state index in [1.54, 1.807) is 0 Å². The van der Waals surface area contributed by atoms with E-state index < -0.39 is 0 Å². The van der Waals surface area contributed by atoms with E-state index in [1.807, 2.05) is 0 Å². The first kappa shape index (κ1) is 33.0. The van der Waals surface area contributed by atoms with Gasteiger partial charge in [0.05, 0.1) is 0 Å². The predicted octanol–water partition coefficient (Wildman–Crippen LogP) is 3.63. The van der Waals surface area contributed by atoms with E-state index in [9.17, 15) is 0 Å². The Kier molecular flexibility index (Phi) is 37.8. The van der Waals surface area contributed by atoms with Crippen molar-refractivity contribution in [1.82, 2.24) is 0 Å². The molecule has 22 heavy (non-hydrogen) atoms. The number of rotatable bonds is 7. The quantitative estimate of drug-likeness (QED) is 0.793. The Hall–Kier alpha value is -0.750. The molecular formula is C17H42N2O2S. The smallest absolute Gasteiger partial charge is 0.0340 e. The SMILES string of the molecule is C.CCCN.CCC[C@H](CC)CNc1ccccc1.O.O.S.[HH]. The molecule has 0 aliphatic carbocycles. The van der Waals surface area contributed by atoms with Crippen LogP contribution in [0.5, 0.6) is 0 Å². The predicted molar refractivity (Wildman–Crippen MR) is 109 cm³/mol. The summed E-state index contributed by atoms with van der Waals surface area (Å²) in [4.78, 5) is 0. The molecular weight excluding hydrogens is 296 g/mol. The van der Waals surface area contributed by atoms with Gasteiger partial charge in [0.1, 0.15) is 0 Å². The highest BCUT2D eigenvalue weighted by molar-refractivity contribution is 7.59. The summed E-state index contributed by atoms with van der Waals surface area (Å²) in [5.41, 5.74) is 6.27. The fraction of sp³-hybridized carbons (Fsp3) is 0.647. The van der Waals surface area contributed by atoms with Crippen molar-refractivity contribution >= 4 is 19.2 Å². The molecule has 0 unspecified atom stereocenters. The van der Waals surface area contributed by atoms with Gasteiger partial charge in [-0.2, -0.15) is 13.5 Å². The van der Waals surface area contributed by atoms with Crippen LogP contribution < -0.4 is 11.1 Å². The monoisotopic (exact) mass is 338 g/mol. The van der Waals surface area contributed by atoms with Crippen LogP contribution in [0.15, 0.2) is 30.3 Å². The highest BCUT2D eigenvalue weighted by Crippen LogP contribution is 2.12. The zero-order chi connectivity index (χ0) is 13.6. The standard InChI is InChI=1S/C13H21N.C3H9N.CH4.2H2O.H2S.H2/c1-3-8-12(4-2)11-14-13-9-6-5-7-10-13;1-2-3-4;;;;;/h5-7,9-10,12,14H,3-4,8,11H2,1-2H3;2-4H2,1H3;1H4;3*1H2;1H/t12-;;;;;;/m0....../s1. The van der Waals surface area contributed by atoms with Gasteiger partial charge in [-0.25, -0.2) is 0 Å². The summed E-state index contributed by atoms with van der Waals surface area (Å²) in [5.74, 6) is 0.820. The molecule has 5 heteroatoms. The van der Waals surface area contributed by atoms with Gasteiger partial charge >= 0.3 is 0 Å². The molecule has 138 valence electrons. The molecule has 0 radical (unpaired) electrons. The molecule has 0 aliphatic heterocycles. The van der Waals surface area contributed by atoms with Crippen LogP contribution in [0.4, 0.5) is 5.69 Å². The van der Waals surface area contributed by atoms with Gasteiger partial charge in [0, 0.05) is 13.7 Å². The molecule has 0 heterocycles. The molecule has 0 amide bonds. The van der Waals surface area contributed by atoms with Gasteiger partial charge in [-0.3, -0.25) is 0 Å². The molecule has 1 aromatic rings. The van der Waals surface area contributed by atoms with Gasteiger partial charge < -0.3 is 22.0 Å². The normalized spacial score (nSPS) is 9.27. The van der Waals surface area contributed by atoms with E-state index >= 15 is 0 Å². The second-order valence-corrected chi connectivity index (χ2v) is 4.60. The second-order valence-electron chi connectivity index (χ2n) is 4.60. The van der Waals surface area contributed by atoms with Crippen LogP contribution in [0.1, 0.15) is 55.3 Å². The fourth-order valence-electron chi connectivity index (χ4n) is 1.68. The van der Waals surface area contributed by atoms with E-state index in [0.717, 1.165) is 25.4 Å². The van der Waals surface area contributed by atoms with Crippen LogP contribution in [0.25, 0.3) is 0 Å². The van der Waals surface area contributed by atoms with Crippen molar-refractivity contribution in [3.63, 3.8) is 0 Å². The minimum absolute atomic E-state index is 0. The third-order valence-electron chi connectivity index (χ3n) is 2.93. The molecule has 0 aliphatic rings. The second kappa shape index (κ2) is 25.2. The highest BCUT2D eigenvalue weighted by Gasteiger charge is 2.03. The summed E-state index contributed by atoms with van der Waals surface area (Å²) in [6, 6.07) is 10.4. The lowest BCUT2D eigenvalue weighted by Gasteiger charge is -2.15. The number of anilines is 1. The number of nitrogens with two attached hydrogens (primary N) is 1. The number of nitrogens with one attached hydrogen (secondary N) is 1. The van der Waals surface area contributed by atoms with Crippen LogP contribution in [0.3, 0.4) is 0 Å². The lowest BCUT2D eigenvalue weighted by Crippen LogP contribution is -2.13. The molecule has 0 bridgehead atoms. The minimum Gasteiger partial charge on any atom is -0.412 e. The molecule has 7 N–H and O–H groups in total. The summed E-state index contributed by atoms with van der Waals surface area (Å²) in [7, 11) is 0. The van der Waals surface area contributed by atoms with Gasteiger partial charge in [-0.15, -0.1) is 0 Å². The Labute approximate surface area is 146 Å². The Morgan fingerprint density at radius 1 is 1.05 bits per heavy atom. The molecule has 0 spiro atoms. The molecule has 0 saturated heterocycles. The summed E-state index contributed by atoms with van der Waals surface area (Å²) in [6.07, 6.45) is 4.99. The van der Waals surface area contributed by atoms with Crippen molar-refractivity contribution in [2.45, 2.75) is 53.9 Å². The molecule has 0 fully saturated rings. The number of para-hydroxylation sites is 1. The fourth-order valence-corrected chi connectivity index (χ4v) is 1.68. The molecule has 4 nitrogen and oxygen atoms in total. The van der Waals surface area contributed by atoms with E-state index in [-0.39, 0.29) is 33.3 Å². The number of benzene rings is 1. The lowest BCUT2D eigenvalue weighted by atomic mass is 10.0.